The molecule has 0 aromatic heterocycles. The summed E-state index contributed by atoms with van der Waals surface area (Å²) in [5.74, 6) is -0.168. The fourth-order valence-corrected chi connectivity index (χ4v) is 6.45. The summed E-state index contributed by atoms with van der Waals surface area (Å²) in [4.78, 5) is 27.1. The van der Waals surface area contributed by atoms with Crippen LogP contribution in [0.3, 0.4) is 0 Å². The summed E-state index contributed by atoms with van der Waals surface area (Å²) in [6, 6.07) is 13.5. The van der Waals surface area contributed by atoms with E-state index in [1.165, 1.54) is 12.1 Å². The largest absolute Gasteiger partial charge is 0.497 e. The summed E-state index contributed by atoms with van der Waals surface area (Å²) in [5.41, 5.74) is 1.23. The average Bonchev–Trinajstić information content (AvgIpc) is 3.26. The first-order chi connectivity index (χ1) is 16.3. The summed E-state index contributed by atoms with van der Waals surface area (Å²) < 4.78 is 33.0. The third-order valence-electron chi connectivity index (χ3n) is 6.65. The zero-order valence-electron chi connectivity index (χ0n) is 19.6. The summed E-state index contributed by atoms with van der Waals surface area (Å²) in [6.07, 6.45) is 3.73. The number of amides is 2. The van der Waals surface area contributed by atoms with Crippen molar-refractivity contribution in [3.63, 3.8) is 0 Å². The van der Waals surface area contributed by atoms with Crippen LogP contribution in [0.2, 0.25) is 0 Å². The van der Waals surface area contributed by atoms with Gasteiger partial charge in [-0.15, -0.1) is 0 Å². The molecule has 2 aromatic rings. The molecule has 9 heteroatoms. The van der Waals surface area contributed by atoms with Gasteiger partial charge in [0.2, 0.25) is 21.8 Å². The minimum absolute atomic E-state index is 0.0340. The first-order valence-electron chi connectivity index (χ1n) is 11.7. The fourth-order valence-electron chi connectivity index (χ4n) is 4.68. The second-order valence-electron chi connectivity index (χ2n) is 8.79. The highest BCUT2D eigenvalue weighted by molar-refractivity contribution is 7.89. The van der Waals surface area contributed by atoms with Crippen molar-refractivity contribution in [2.45, 2.75) is 50.0 Å². The summed E-state index contributed by atoms with van der Waals surface area (Å²) in [7, 11) is -2.00. The molecule has 0 radical (unpaired) electrons. The Morgan fingerprint density at radius 1 is 1.09 bits per heavy atom. The molecule has 2 aliphatic rings. The number of nitrogens with zero attached hydrogens (tertiary/aromatic N) is 2. The lowest BCUT2D eigenvalue weighted by molar-refractivity contribution is -0.122. The molecule has 0 saturated carbocycles. The number of hydrogen-bond acceptors (Lipinski definition) is 5. The van der Waals surface area contributed by atoms with Crippen LogP contribution in [-0.4, -0.2) is 50.8 Å². The van der Waals surface area contributed by atoms with E-state index in [1.807, 2.05) is 6.92 Å². The van der Waals surface area contributed by atoms with E-state index in [4.69, 9.17) is 4.74 Å². The van der Waals surface area contributed by atoms with Crippen LogP contribution in [0.15, 0.2) is 53.4 Å². The first-order valence-corrected chi connectivity index (χ1v) is 13.1. The van der Waals surface area contributed by atoms with Crippen molar-refractivity contribution in [1.29, 1.82) is 0 Å². The zero-order chi connectivity index (χ0) is 24.3. The number of sulfonamides is 1. The molecule has 34 heavy (non-hydrogen) atoms. The predicted octanol–water partition coefficient (Wildman–Crippen LogP) is 3.64. The topological polar surface area (TPSA) is 96.0 Å². The molecule has 182 valence electrons. The molecule has 0 unspecified atom stereocenters. The molecule has 2 aromatic carbocycles. The smallest absolute Gasteiger partial charge is 0.243 e. The van der Waals surface area contributed by atoms with Crippen LogP contribution in [0.25, 0.3) is 0 Å². The summed E-state index contributed by atoms with van der Waals surface area (Å²) in [5, 5.41) is 2.83. The van der Waals surface area contributed by atoms with Gasteiger partial charge in [-0.25, -0.2) is 8.42 Å². The predicted molar refractivity (Wildman–Crippen MR) is 130 cm³/mol. The van der Waals surface area contributed by atoms with E-state index in [0.29, 0.717) is 18.0 Å². The van der Waals surface area contributed by atoms with Crippen molar-refractivity contribution in [1.82, 2.24) is 4.31 Å². The molecule has 0 spiro atoms. The molecule has 0 bridgehead atoms. The van der Waals surface area contributed by atoms with Gasteiger partial charge in [0.15, 0.2) is 0 Å². The minimum atomic E-state index is -3.57. The average molecular weight is 486 g/mol. The highest BCUT2D eigenvalue weighted by Crippen LogP contribution is 2.29. The van der Waals surface area contributed by atoms with Crippen molar-refractivity contribution >= 4 is 33.2 Å². The molecular weight excluding hydrogens is 454 g/mol. The van der Waals surface area contributed by atoms with Gasteiger partial charge >= 0.3 is 0 Å². The Kier molecular flexibility index (Phi) is 7.23. The molecule has 1 N–H and O–H groups in total. The van der Waals surface area contributed by atoms with Crippen molar-refractivity contribution < 1.29 is 22.7 Å². The van der Waals surface area contributed by atoms with Crippen LogP contribution < -0.4 is 15.0 Å². The van der Waals surface area contributed by atoms with Crippen molar-refractivity contribution in [2.75, 3.05) is 30.4 Å². The lowest BCUT2D eigenvalue weighted by Gasteiger charge is -2.34. The lowest BCUT2D eigenvalue weighted by Crippen LogP contribution is -2.43. The maximum Gasteiger partial charge on any atom is 0.243 e. The Balaban J connectivity index is 1.40. The van der Waals surface area contributed by atoms with E-state index < -0.39 is 15.9 Å². The Morgan fingerprint density at radius 2 is 1.79 bits per heavy atom. The van der Waals surface area contributed by atoms with Gasteiger partial charge in [0, 0.05) is 36.9 Å². The van der Waals surface area contributed by atoms with E-state index in [2.05, 4.69) is 5.32 Å². The van der Waals surface area contributed by atoms with Gasteiger partial charge in [-0.1, -0.05) is 13.3 Å². The Bertz CT molecular complexity index is 1130. The number of rotatable bonds is 7. The highest BCUT2D eigenvalue weighted by Gasteiger charge is 2.35. The Hall–Kier alpha value is -2.91. The SMILES string of the molecule is CC[C@@H]1CCCCN1S(=O)(=O)c1ccc(NC(=O)[C@@H]2CC(=O)N(c3ccc(OC)cc3)C2)cc1. The number of anilines is 2. The van der Waals surface area contributed by atoms with Crippen LogP contribution in [0.4, 0.5) is 11.4 Å². The molecule has 2 aliphatic heterocycles. The van der Waals surface area contributed by atoms with Gasteiger partial charge in [-0.3, -0.25) is 9.59 Å². The monoisotopic (exact) mass is 485 g/mol. The van der Waals surface area contributed by atoms with Crippen LogP contribution in [-0.2, 0) is 19.6 Å². The van der Waals surface area contributed by atoms with E-state index in [0.717, 1.165) is 31.4 Å². The third kappa shape index (κ3) is 4.95. The first kappa shape index (κ1) is 24.2. The molecule has 2 atom stereocenters. The lowest BCUT2D eigenvalue weighted by atomic mass is 10.0. The Labute approximate surface area is 200 Å². The quantitative estimate of drug-likeness (QED) is 0.646. The maximum atomic E-state index is 13.1. The number of ether oxygens (including phenoxy) is 1. The second kappa shape index (κ2) is 10.1. The van der Waals surface area contributed by atoms with Crippen LogP contribution >= 0.6 is 0 Å². The number of methoxy groups -OCH3 is 1. The molecule has 2 heterocycles. The second-order valence-corrected chi connectivity index (χ2v) is 10.7. The number of carbonyl (C=O) groups excluding carboxylic acids is 2. The molecular formula is C25H31N3O5S. The fraction of sp³-hybridized carbons (Fsp3) is 0.440. The van der Waals surface area contributed by atoms with E-state index in [9.17, 15) is 18.0 Å². The summed E-state index contributed by atoms with van der Waals surface area (Å²) in [6.45, 7) is 2.84. The minimum Gasteiger partial charge on any atom is -0.497 e. The van der Waals surface area contributed by atoms with Gasteiger partial charge in [0.1, 0.15) is 5.75 Å². The van der Waals surface area contributed by atoms with Crippen LogP contribution in [0.5, 0.6) is 5.75 Å². The molecule has 2 fully saturated rings. The molecule has 4 rings (SSSR count). The van der Waals surface area contributed by atoms with E-state index in [-0.39, 0.29) is 35.7 Å². The number of hydrogen-bond donors (Lipinski definition) is 1. The number of nitrogens with one attached hydrogen (secondary N) is 1. The van der Waals surface area contributed by atoms with Gasteiger partial charge in [-0.2, -0.15) is 4.31 Å². The molecule has 8 nitrogen and oxygen atoms in total. The van der Waals surface area contributed by atoms with E-state index in [1.54, 1.807) is 52.7 Å². The Morgan fingerprint density at radius 3 is 2.44 bits per heavy atom. The van der Waals surface area contributed by atoms with Gasteiger partial charge < -0.3 is 15.0 Å². The maximum absolute atomic E-state index is 13.1. The number of piperidine rings is 1. The van der Waals surface area contributed by atoms with Gasteiger partial charge in [0.05, 0.1) is 17.9 Å². The number of benzene rings is 2. The van der Waals surface area contributed by atoms with Crippen LogP contribution in [0, 0.1) is 5.92 Å². The van der Waals surface area contributed by atoms with Crippen LogP contribution in [0.1, 0.15) is 39.0 Å². The summed E-state index contributed by atoms with van der Waals surface area (Å²) >= 11 is 0. The molecule has 0 aliphatic carbocycles. The van der Waals surface area contributed by atoms with Gasteiger partial charge in [-0.05, 0) is 67.8 Å². The van der Waals surface area contributed by atoms with E-state index >= 15 is 0 Å². The molecule has 2 amide bonds. The third-order valence-corrected chi connectivity index (χ3v) is 8.62. The standard InChI is InChI=1S/C25H31N3O5S/c1-3-20-6-4-5-15-28(20)34(31,32)23-13-7-19(8-14-23)26-25(30)18-16-24(29)27(17-18)21-9-11-22(33-2)12-10-21/h7-14,18,20H,3-6,15-17H2,1-2H3,(H,26,30)/t18-,20-/m1/s1. The van der Waals surface area contributed by atoms with Crippen molar-refractivity contribution in [2.24, 2.45) is 5.92 Å². The number of carbonyl (C=O) groups is 2. The zero-order valence-corrected chi connectivity index (χ0v) is 20.4. The highest BCUT2D eigenvalue weighted by atomic mass is 32.2. The normalized spacial score (nSPS) is 21.5. The van der Waals surface area contributed by atoms with Gasteiger partial charge in [0.25, 0.3) is 0 Å². The molecule has 2 saturated heterocycles. The van der Waals surface area contributed by atoms with Crippen molar-refractivity contribution in [3.8, 4) is 5.75 Å². The van der Waals surface area contributed by atoms with Crippen molar-refractivity contribution in [3.05, 3.63) is 48.5 Å².